The van der Waals surface area contributed by atoms with Crippen LogP contribution in [0.25, 0.3) is 0 Å². The van der Waals surface area contributed by atoms with Gasteiger partial charge >= 0.3 is 0 Å². The second kappa shape index (κ2) is 5.20. The Morgan fingerprint density at radius 3 is 3.39 bits per heavy atom. The van der Waals surface area contributed by atoms with Crippen molar-refractivity contribution in [2.24, 2.45) is 0 Å². The molecule has 2 heterocycles. The fourth-order valence-corrected chi connectivity index (χ4v) is 3.59. The van der Waals surface area contributed by atoms with Gasteiger partial charge in [-0.3, -0.25) is 0 Å². The van der Waals surface area contributed by atoms with Gasteiger partial charge in [-0.1, -0.05) is 0 Å². The van der Waals surface area contributed by atoms with Crippen molar-refractivity contribution >= 4 is 11.3 Å². The van der Waals surface area contributed by atoms with Crippen LogP contribution in [0.1, 0.15) is 42.1 Å². The molecule has 0 fully saturated rings. The number of aromatic nitrogens is 3. The van der Waals surface area contributed by atoms with Gasteiger partial charge in [-0.05, 0) is 43.2 Å². The monoisotopic (exact) mass is 262 g/mol. The van der Waals surface area contributed by atoms with E-state index in [9.17, 15) is 0 Å². The van der Waals surface area contributed by atoms with E-state index in [1.807, 2.05) is 16.0 Å². The minimum Gasteiger partial charge on any atom is -0.303 e. The second-order valence-corrected chi connectivity index (χ2v) is 5.62. The molecule has 4 nitrogen and oxygen atoms in total. The van der Waals surface area contributed by atoms with E-state index >= 15 is 0 Å². The fourth-order valence-electron chi connectivity index (χ4n) is 2.60. The first-order valence-electron chi connectivity index (χ1n) is 6.55. The van der Waals surface area contributed by atoms with Gasteiger partial charge in [0.2, 0.25) is 0 Å². The lowest BCUT2D eigenvalue weighted by atomic mass is 9.94. The van der Waals surface area contributed by atoms with Gasteiger partial charge in [-0.25, -0.2) is 9.67 Å². The van der Waals surface area contributed by atoms with Crippen LogP contribution in [0.3, 0.4) is 0 Å². The first kappa shape index (κ1) is 11.9. The molecule has 0 spiro atoms. The zero-order valence-electron chi connectivity index (χ0n) is 10.6. The van der Waals surface area contributed by atoms with E-state index in [-0.39, 0.29) is 0 Å². The Bertz CT molecular complexity index is 517. The van der Waals surface area contributed by atoms with Crippen LogP contribution in [0.4, 0.5) is 0 Å². The Hall–Kier alpha value is -1.20. The van der Waals surface area contributed by atoms with Gasteiger partial charge in [0, 0.05) is 17.5 Å². The van der Waals surface area contributed by atoms with Crippen LogP contribution in [-0.2, 0) is 19.5 Å². The Morgan fingerprint density at radius 1 is 1.56 bits per heavy atom. The number of thiophene rings is 1. The van der Waals surface area contributed by atoms with Gasteiger partial charge in [0.15, 0.2) is 0 Å². The summed E-state index contributed by atoms with van der Waals surface area (Å²) < 4.78 is 1.95. The molecule has 1 aliphatic rings. The first-order chi connectivity index (χ1) is 8.88. The molecule has 0 saturated carbocycles. The van der Waals surface area contributed by atoms with Crippen LogP contribution in [0, 0.1) is 0 Å². The van der Waals surface area contributed by atoms with E-state index in [0.717, 1.165) is 18.9 Å². The molecule has 5 heteroatoms. The molecule has 0 bridgehead atoms. The summed E-state index contributed by atoms with van der Waals surface area (Å²) in [5, 5.41) is 10.0. The maximum absolute atomic E-state index is 4.31. The zero-order chi connectivity index (χ0) is 12.4. The highest BCUT2D eigenvalue weighted by Gasteiger charge is 2.20. The fraction of sp³-hybridized carbons (Fsp3) is 0.538. The maximum Gasteiger partial charge on any atom is 0.140 e. The summed E-state index contributed by atoms with van der Waals surface area (Å²) in [5.41, 5.74) is 1.49. The van der Waals surface area contributed by atoms with Crippen LogP contribution in [0.5, 0.6) is 0 Å². The lowest BCUT2D eigenvalue weighted by Crippen LogP contribution is -2.25. The molecule has 3 rings (SSSR count). The van der Waals surface area contributed by atoms with Crippen LogP contribution < -0.4 is 5.32 Å². The van der Waals surface area contributed by atoms with Crippen LogP contribution >= 0.6 is 11.3 Å². The van der Waals surface area contributed by atoms with Crippen LogP contribution in [-0.4, -0.2) is 14.8 Å². The van der Waals surface area contributed by atoms with Gasteiger partial charge in [0.25, 0.3) is 0 Å². The standard InChI is InChI=1S/C13H18N4S/c1-2-17-13(15-9-16-17)8-14-11-4-3-5-12-10(11)6-7-18-12/h6-7,9,11,14H,2-5,8H2,1H3. The van der Waals surface area contributed by atoms with E-state index < -0.39 is 0 Å². The summed E-state index contributed by atoms with van der Waals surface area (Å²) in [7, 11) is 0. The third-order valence-electron chi connectivity index (χ3n) is 3.55. The lowest BCUT2D eigenvalue weighted by Gasteiger charge is -2.23. The Labute approximate surface area is 111 Å². The summed E-state index contributed by atoms with van der Waals surface area (Å²) in [6.07, 6.45) is 5.39. The minimum absolute atomic E-state index is 0.488. The molecular formula is C13H18N4S. The number of hydrogen-bond donors (Lipinski definition) is 1. The number of fused-ring (bicyclic) bond motifs is 1. The highest BCUT2D eigenvalue weighted by Crippen LogP contribution is 2.33. The largest absolute Gasteiger partial charge is 0.303 e. The molecule has 1 unspecified atom stereocenters. The lowest BCUT2D eigenvalue weighted by molar-refractivity contribution is 0.446. The van der Waals surface area contributed by atoms with Gasteiger partial charge in [-0.2, -0.15) is 5.10 Å². The van der Waals surface area contributed by atoms with Crippen molar-refractivity contribution in [3.8, 4) is 0 Å². The summed E-state index contributed by atoms with van der Waals surface area (Å²) in [5.74, 6) is 1.03. The van der Waals surface area contributed by atoms with Gasteiger partial charge in [0.1, 0.15) is 12.2 Å². The molecule has 0 saturated heterocycles. The molecule has 2 aromatic rings. The molecule has 1 N–H and O–H groups in total. The van der Waals surface area contributed by atoms with Crippen LogP contribution in [0.2, 0.25) is 0 Å². The smallest absolute Gasteiger partial charge is 0.140 e. The second-order valence-electron chi connectivity index (χ2n) is 4.62. The number of aryl methyl sites for hydroxylation is 2. The van der Waals surface area contributed by atoms with E-state index in [4.69, 9.17) is 0 Å². The summed E-state index contributed by atoms with van der Waals surface area (Å²) in [6, 6.07) is 2.75. The quantitative estimate of drug-likeness (QED) is 0.920. The number of nitrogens with one attached hydrogen (secondary N) is 1. The molecule has 96 valence electrons. The molecule has 0 aliphatic heterocycles. The number of nitrogens with zero attached hydrogens (tertiary/aromatic N) is 3. The molecular weight excluding hydrogens is 244 g/mol. The van der Waals surface area contributed by atoms with Crippen molar-refractivity contribution < 1.29 is 0 Å². The molecule has 2 aromatic heterocycles. The Morgan fingerprint density at radius 2 is 2.50 bits per heavy atom. The SMILES string of the molecule is CCn1ncnc1CNC1CCCc2sccc21. The van der Waals surface area contributed by atoms with E-state index in [1.165, 1.54) is 24.8 Å². The predicted octanol–water partition coefficient (Wildman–Crippen LogP) is 2.53. The maximum atomic E-state index is 4.31. The van der Waals surface area contributed by atoms with Gasteiger partial charge < -0.3 is 5.32 Å². The first-order valence-corrected chi connectivity index (χ1v) is 7.42. The molecule has 1 atom stereocenters. The summed E-state index contributed by atoms with van der Waals surface area (Å²) in [4.78, 5) is 5.86. The average molecular weight is 262 g/mol. The molecule has 18 heavy (non-hydrogen) atoms. The Kier molecular flexibility index (Phi) is 3.43. The third-order valence-corrected chi connectivity index (χ3v) is 4.55. The molecule has 1 aliphatic carbocycles. The molecule has 0 amide bonds. The minimum atomic E-state index is 0.488. The average Bonchev–Trinajstić information content (AvgIpc) is 3.04. The predicted molar refractivity (Wildman–Crippen MR) is 72.5 cm³/mol. The zero-order valence-corrected chi connectivity index (χ0v) is 11.4. The molecule has 0 aromatic carbocycles. The highest BCUT2D eigenvalue weighted by molar-refractivity contribution is 7.10. The normalized spacial score (nSPS) is 18.8. The van der Waals surface area contributed by atoms with Crippen LogP contribution in [0.15, 0.2) is 17.8 Å². The van der Waals surface area contributed by atoms with Crippen molar-refractivity contribution in [1.82, 2.24) is 20.1 Å². The van der Waals surface area contributed by atoms with Crippen molar-refractivity contribution in [1.29, 1.82) is 0 Å². The van der Waals surface area contributed by atoms with Crippen molar-refractivity contribution in [2.45, 2.75) is 45.3 Å². The van der Waals surface area contributed by atoms with Crippen molar-refractivity contribution in [3.63, 3.8) is 0 Å². The number of hydrogen-bond acceptors (Lipinski definition) is 4. The van der Waals surface area contributed by atoms with E-state index in [1.54, 1.807) is 11.2 Å². The third kappa shape index (κ3) is 2.20. The highest BCUT2D eigenvalue weighted by atomic mass is 32.1. The molecule has 0 radical (unpaired) electrons. The van der Waals surface area contributed by atoms with E-state index in [0.29, 0.717) is 6.04 Å². The van der Waals surface area contributed by atoms with Crippen molar-refractivity contribution in [2.75, 3.05) is 0 Å². The number of rotatable bonds is 4. The Balaban J connectivity index is 1.68. The van der Waals surface area contributed by atoms with Gasteiger partial charge in [-0.15, -0.1) is 11.3 Å². The van der Waals surface area contributed by atoms with Gasteiger partial charge in [0.05, 0.1) is 6.54 Å². The van der Waals surface area contributed by atoms with E-state index in [2.05, 4.69) is 33.8 Å². The summed E-state index contributed by atoms with van der Waals surface area (Å²) in [6.45, 7) is 3.77. The van der Waals surface area contributed by atoms with Crippen molar-refractivity contribution in [3.05, 3.63) is 34.0 Å². The summed E-state index contributed by atoms with van der Waals surface area (Å²) >= 11 is 1.89. The topological polar surface area (TPSA) is 42.7 Å².